The first kappa shape index (κ1) is 16.5. The Balaban J connectivity index is 1.73. The van der Waals surface area contributed by atoms with E-state index in [4.69, 9.17) is 11.6 Å². The van der Waals surface area contributed by atoms with Crippen LogP contribution in [0.25, 0.3) is 11.1 Å². The zero-order valence-electron chi connectivity index (χ0n) is 13.4. The molecule has 1 aliphatic heterocycles. The lowest BCUT2D eigenvalue weighted by Gasteiger charge is -2.22. The van der Waals surface area contributed by atoms with E-state index in [-0.39, 0.29) is 17.7 Å². The number of carbonyl (C=O) groups is 2. The lowest BCUT2D eigenvalue weighted by molar-refractivity contribution is -0.126. The van der Waals surface area contributed by atoms with Gasteiger partial charge >= 0.3 is 0 Å². The van der Waals surface area contributed by atoms with Gasteiger partial charge in [-0.05, 0) is 54.3 Å². The third-order valence-electron chi connectivity index (χ3n) is 4.28. The van der Waals surface area contributed by atoms with Gasteiger partial charge in [-0.3, -0.25) is 9.59 Å². The van der Waals surface area contributed by atoms with Gasteiger partial charge in [-0.15, -0.1) is 0 Å². The number of aryl methyl sites for hydroxylation is 1. The maximum absolute atomic E-state index is 12.3. The summed E-state index contributed by atoms with van der Waals surface area (Å²) in [6.07, 6.45) is 1.00. The van der Waals surface area contributed by atoms with Crippen LogP contribution >= 0.6 is 11.6 Å². The van der Waals surface area contributed by atoms with E-state index in [1.54, 1.807) is 0 Å². The van der Waals surface area contributed by atoms with Crippen LogP contribution < -0.4 is 10.6 Å². The third-order valence-corrected chi connectivity index (χ3v) is 4.51. The molecule has 2 aromatic carbocycles. The van der Waals surface area contributed by atoms with E-state index in [0.29, 0.717) is 24.4 Å². The molecule has 0 aromatic heterocycles. The van der Waals surface area contributed by atoms with E-state index < -0.39 is 0 Å². The van der Waals surface area contributed by atoms with Crippen molar-refractivity contribution in [3.05, 3.63) is 53.1 Å². The molecule has 0 aliphatic carbocycles. The van der Waals surface area contributed by atoms with Crippen molar-refractivity contribution < 1.29 is 9.59 Å². The second kappa shape index (κ2) is 7.05. The van der Waals surface area contributed by atoms with Crippen LogP contribution in [0.2, 0.25) is 5.02 Å². The summed E-state index contributed by atoms with van der Waals surface area (Å²) < 4.78 is 0. The molecule has 0 saturated carbocycles. The SMILES string of the molecule is Cc1cc(-c2cccc(Cl)c2)ccc1NC(=O)C1CCC(=O)NC1. The highest BCUT2D eigenvalue weighted by Crippen LogP contribution is 2.27. The Morgan fingerprint density at radius 1 is 1.21 bits per heavy atom. The predicted octanol–water partition coefficient (Wildman–Crippen LogP) is 3.78. The topological polar surface area (TPSA) is 58.2 Å². The number of amides is 2. The van der Waals surface area contributed by atoms with Crippen LogP contribution in [0.5, 0.6) is 0 Å². The summed E-state index contributed by atoms with van der Waals surface area (Å²) in [5.74, 6) is -0.204. The zero-order valence-corrected chi connectivity index (χ0v) is 14.2. The van der Waals surface area contributed by atoms with Crippen LogP contribution in [0.4, 0.5) is 5.69 Å². The van der Waals surface area contributed by atoms with Crippen LogP contribution in [-0.2, 0) is 9.59 Å². The Morgan fingerprint density at radius 2 is 2.00 bits per heavy atom. The number of halogens is 1. The first-order valence-corrected chi connectivity index (χ1v) is 8.35. The van der Waals surface area contributed by atoms with E-state index in [1.807, 2.05) is 49.4 Å². The maximum atomic E-state index is 12.3. The van der Waals surface area contributed by atoms with Gasteiger partial charge in [0, 0.05) is 23.7 Å². The summed E-state index contributed by atoms with van der Waals surface area (Å²) in [5, 5.41) is 6.40. The number of benzene rings is 2. The van der Waals surface area contributed by atoms with Crippen molar-refractivity contribution in [2.24, 2.45) is 5.92 Å². The summed E-state index contributed by atoms with van der Waals surface area (Å²) in [4.78, 5) is 23.5. The number of hydrogen-bond acceptors (Lipinski definition) is 2. The molecular weight excluding hydrogens is 324 g/mol. The molecule has 1 fully saturated rings. The van der Waals surface area contributed by atoms with Crippen LogP contribution in [0.1, 0.15) is 18.4 Å². The van der Waals surface area contributed by atoms with E-state index in [9.17, 15) is 9.59 Å². The maximum Gasteiger partial charge on any atom is 0.229 e. The highest BCUT2D eigenvalue weighted by molar-refractivity contribution is 6.30. The summed E-state index contributed by atoms with van der Waals surface area (Å²) in [5.41, 5.74) is 3.87. The molecule has 0 spiro atoms. The molecule has 1 atom stereocenters. The van der Waals surface area contributed by atoms with E-state index in [1.165, 1.54) is 0 Å². The van der Waals surface area contributed by atoms with Crippen molar-refractivity contribution in [2.45, 2.75) is 19.8 Å². The standard InChI is InChI=1S/C19H19ClN2O2/c1-12-9-14(13-3-2-4-16(20)10-13)5-7-17(12)22-19(24)15-6-8-18(23)21-11-15/h2-5,7,9-10,15H,6,8,11H2,1H3,(H,21,23)(H,22,24). The molecule has 2 aromatic rings. The van der Waals surface area contributed by atoms with Crippen LogP contribution in [0.15, 0.2) is 42.5 Å². The number of hydrogen-bond donors (Lipinski definition) is 2. The largest absolute Gasteiger partial charge is 0.355 e. The Kier molecular flexibility index (Phi) is 4.86. The summed E-state index contributed by atoms with van der Waals surface area (Å²) in [7, 11) is 0. The molecule has 0 radical (unpaired) electrons. The van der Waals surface area contributed by atoms with Crippen molar-refractivity contribution >= 4 is 29.1 Å². The van der Waals surface area contributed by atoms with Crippen molar-refractivity contribution in [1.82, 2.24) is 5.32 Å². The summed E-state index contributed by atoms with van der Waals surface area (Å²) in [6, 6.07) is 13.6. The van der Waals surface area contributed by atoms with Crippen LogP contribution in [0, 0.1) is 12.8 Å². The molecule has 1 unspecified atom stereocenters. The molecule has 124 valence electrons. The molecule has 0 bridgehead atoms. The zero-order chi connectivity index (χ0) is 17.1. The van der Waals surface area contributed by atoms with Gasteiger partial charge < -0.3 is 10.6 Å². The number of carbonyl (C=O) groups excluding carboxylic acids is 2. The van der Waals surface area contributed by atoms with E-state index in [2.05, 4.69) is 10.6 Å². The van der Waals surface area contributed by atoms with E-state index >= 15 is 0 Å². The smallest absolute Gasteiger partial charge is 0.229 e. The first-order chi connectivity index (χ1) is 11.5. The molecule has 5 heteroatoms. The van der Waals surface area contributed by atoms with Crippen molar-refractivity contribution in [3.8, 4) is 11.1 Å². The highest BCUT2D eigenvalue weighted by Gasteiger charge is 2.24. The average Bonchev–Trinajstić information content (AvgIpc) is 2.57. The Bertz CT molecular complexity index is 779. The van der Waals surface area contributed by atoms with Gasteiger partial charge in [-0.2, -0.15) is 0 Å². The number of nitrogens with one attached hydrogen (secondary N) is 2. The van der Waals surface area contributed by atoms with Gasteiger partial charge in [0.05, 0.1) is 5.92 Å². The van der Waals surface area contributed by atoms with Crippen molar-refractivity contribution in [1.29, 1.82) is 0 Å². The van der Waals surface area contributed by atoms with Gasteiger partial charge in [0.1, 0.15) is 0 Å². The molecule has 3 rings (SSSR count). The third kappa shape index (κ3) is 3.77. The van der Waals surface area contributed by atoms with Crippen LogP contribution in [-0.4, -0.2) is 18.4 Å². The highest BCUT2D eigenvalue weighted by atomic mass is 35.5. The second-order valence-corrected chi connectivity index (χ2v) is 6.51. The van der Waals surface area contributed by atoms with Crippen molar-refractivity contribution in [2.75, 3.05) is 11.9 Å². The first-order valence-electron chi connectivity index (χ1n) is 7.97. The number of anilines is 1. The van der Waals surface area contributed by atoms with Gasteiger partial charge in [0.15, 0.2) is 0 Å². The van der Waals surface area contributed by atoms with Crippen LogP contribution in [0.3, 0.4) is 0 Å². The molecule has 1 heterocycles. The normalized spacial score (nSPS) is 17.2. The second-order valence-electron chi connectivity index (χ2n) is 6.07. The average molecular weight is 343 g/mol. The Morgan fingerprint density at radius 3 is 2.67 bits per heavy atom. The molecule has 2 amide bonds. The lowest BCUT2D eigenvalue weighted by atomic mass is 9.97. The minimum atomic E-state index is -0.172. The summed E-state index contributed by atoms with van der Waals surface area (Å²) >= 11 is 6.04. The lowest BCUT2D eigenvalue weighted by Crippen LogP contribution is -2.40. The van der Waals surface area contributed by atoms with Crippen molar-refractivity contribution in [3.63, 3.8) is 0 Å². The fourth-order valence-electron chi connectivity index (χ4n) is 2.84. The fraction of sp³-hybridized carbons (Fsp3) is 0.263. The van der Waals surface area contributed by atoms with E-state index in [0.717, 1.165) is 22.4 Å². The fourth-order valence-corrected chi connectivity index (χ4v) is 3.03. The minimum absolute atomic E-state index is 0.0149. The Hall–Kier alpha value is -2.33. The Labute approximate surface area is 146 Å². The quantitative estimate of drug-likeness (QED) is 0.891. The van der Waals surface area contributed by atoms with Gasteiger partial charge in [-0.1, -0.05) is 29.8 Å². The number of rotatable bonds is 3. The minimum Gasteiger partial charge on any atom is -0.355 e. The predicted molar refractivity (Wildman–Crippen MR) is 96.0 cm³/mol. The van der Waals surface area contributed by atoms with Gasteiger partial charge in [0.2, 0.25) is 11.8 Å². The molecule has 1 saturated heterocycles. The van der Waals surface area contributed by atoms with Gasteiger partial charge in [-0.25, -0.2) is 0 Å². The van der Waals surface area contributed by atoms with Gasteiger partial charge in [0.25, 0.3) is 0 Å². The molecule has 2 N–H and O–H groups in total. The summed E-state index contributed by atoms with van der Waals surface area (Å²) in [6.45, 7) is 2.37. The monoisotopic (exact) mass is 342 g/mol. The molecular formula is C19H19ClN2O2. The molecule has 24 heavy (non-hydrogen) atoms. The molecule has 4 nitrogen and oxygen atoms in total. The molecule has 1 aliphatic rings. The number of piperidine rings is 1.